The molecule has 2 atom stereocenters. The smallest absolute Gasteiger partial charge is 0.308 e. The van der Waals surface area contributed by atoms with Crippen molar-refractivity contribution in [2.24, 2.45) is 11.8 Å². The van der Waals surface area contributed by atoms with Crippen LogP contribution in [0.15, 0.2) is 0 Å². The lowest BCUT2D eigenvalue weighted by atomic mass is 9.92. The van der Waals surface area contributed by atoms with Crippen molar-refractivity contribution >= 4 is 11.9 Å². The van der Waals surface area contributed by atoms with Gasteiger partial charge >= 0.3 is 5.97 Å². The first-order valence-electron chi connectivity index (χ1n) is 8.13. The lowest BCUT2D eigenvalue weighted by Crippen LogP contribution is -2.45. The minimum absolute atomic E-state index is 0.0442. The zero-order valence-electron chi connectivity index (χ0n) is 12.9. The molecule has 1 fully saturated rings. The normalized spacial score (nSPS) is 23.4. The minimum atomic E-state index is -0.764. The predicted octanol–water partition coefficient (Wildman–Crippen LogP) is 3.35. The fourth-order valence-electron chi connectivity index (χ4n) is 3.18. The van der Waals surface area contributed by atoms with E-state index in [1.54, 1.807) is 0 Å². The molecule has 0 radical (unpaired) electrons. The molecule has 4 heteroatoms. The summed E-state index contributed by atoms with van der Waals surface area (Å²) in [6, 6.07) is -0.182. The van der Waals surface area contributed by atoms with Crippen molar-refractivity contribution in [1.82, 2.24) is 5.32 Å². The summed E-state index contributed by atoms with van der Waals surface area (Å²) in [4.78, 5) is 23.7. The number of rotatable bonds is 7. The molecule has 0 aromatic carbocycles. The Morgan fingerprint density at radius 3 is 2.25 bits per heavy atom. The van der Waals surface area contributed by atoms with Gasteiger partial charge in [0, 0.05) is 12.0 Å². The first-order chi connectivity index (χ1) is 9.60. The molecule has 0 aromatic rings. The molecule has 1 saturated carbocycles. The summed E-state index contributed by atoms with van der Waals surface area (Å²) in [5, 5.41) is 12.4. The van der Waals surface area contributed by atoms with Gasteiger partial charge in [-0.15, -0.1) is 0 Å². The van der Waals surface area contributed by atoms with Crippen molar-refractivity contribution in [3.8, 4) is 0 Å². The average Bonchev–Trinajstić information content (AvgIpc) is 2.64. The molecule has 0 aromatic heterocycles. The molecule has 1 rings (SSSR count). The van der Waals surface area contributed by atoms with Crippen LogP contribution in [0.2, 0.25) is 0 Å². The zero-order valence-corrected chi connectivity index (χ0v) is 12.9. The summed E-state index contributed by atoms with van der Waals surface area (Å²) >= 11 is 0. The fourth-order valence-corrected chi connectivity index (χ4v) is 3.18. The Morgan fingerprint density at radius 1 is 1.10 bits per heavy atom. The number of amides is 1. The quantitative estimate of drug-likeness (QED) is 0.704. The lowest BCUT2D eigenvalue weighted by Gasteiger charge is -2.25. The predicted molar refractivity (Wildman–Crippen MR) is 79.4 cm³/mol. The van der Waals surface area contributed by atoms with Gasteiger partial charge in [-0.2, -0.15) is 0 Å². The molecule has 116 valence electrons. The van der Waals surface area contributed by atoms with E-state index in [1.807, 2.05) is 0 Å². The SMILES string of the molecule is CCCC(CCC)C(=O)NC1CCCCCC1C(=O)O. The van der Waals surface area contributed by atoms with Gasteiger partial charge in [-0.25, -0.2) is 0 Å². The molecule has 4 nitrogen and oxygen atoms in total. The Bertz CT molecular complexity index is 311. The van der Waals surface area contributed by atoms with Crippen LogP contribution in [0.1, 0.15) is 71.6 Å². The highest BCUT2D eigenvalue weighted by Crippen LogP contribution is 2.25. The summed E-state index contributed by atoms with van der Waals surface area (Å²) in [5.41, 5.74) is 0. The van der Waals surface area contributed by atoms with Gasteiger partial charge in [0.15, 0.2) is 0 Å². The molecule has 0 aliphatic heterocycles. The molecule has 1 aliphatic carbocycles. The Hall–Kier alpha value is -1.06. The molecule has 1 aliphatic rings. The molecule has 0 heterocycles. The number of aliphatic carboxylic acids is 1. The third-order valence-corrected chi connectivity index (χ3v) is 4.31. The van der Waals surface area contributed by atoms with E-state index in [9.17, 15) is 14.7 Å². The number of hydrogen-bond acceptors (Lipinski definition) is 2. The summed E-state index contributed by atoms with van der Waals surface area (Å²) in [6.45, 7) is 4.17. The number of nitrogens with one attached hydrogen (secondary N) is 1. The van der Waals surface area contributed by atoms with Crippen molar-refractivity contribution in [2.45, 2.75) is 77.7 Å². The zero-order chi connectivity index (χ0) is 15.0. The lowest BCUT2D eigenvalue weighted by molar-refractivity contribution is -0.143. The Balaban J connectivity index is 2.65. The molecule has 2 unspecified atom stereocenters. The van der Waals surface area contributed by atoms with Gasteiger partial charge in [-0.1, -0.05) is 46.0 Å². The Labute approximate surface area is 122 Å². The molecule has 1 amide bonds. The van der Waals surface area contributed by atoms with Crippen LogP contribution in [0.25, 0.3) is 0 Å². The second-order valence-corrected chi connectivity index (χ2v) is 5.97. The third kappa shape index (κ3) is 5.14. The molecule has 0 spiro atoms. The molecule has 20 heavy (non-hydrogen) atoms. The Kier molecular flexibility index (Phi) is 7.63. The van der Waals surface area contributed by atoms with E-state index in [4.69, 9.17) is 0 Å². The highest BCUT2D eigenvalue weighted by atomic mass is 16.4. The van der Waals surface area contributed by atoms with Crippen LogP contribution in [-0.2, 0) is 9.59 Å². The largest absolute Gasteiger partial charge is 0.481 e. The van der Waals surface area contributed by atoms with Gasteiger partial charge < -0.3 is 10.4 Å². The Morgan fingerprint density at radius 2 is 1.70 bits per heavy atom. The van der Waals surface area contributed by atoms with E-state index in [0.29, 0.717) is 6.42 Å². The van der Waals surface area contributed by atoms with Crippen molar-refractivity contribution in [1.29, 1.82) is 0 Å². The van der Waals surface area contributed by atoms with Crippen LogP contribution in [0.5, 0.6) is 0 Å². The van der Waals surface area contributed by atoms with E-state index in [1.165, 1.54) is 0 Å². The molecule has 0 bridgehead atoms. The average molecular weight is 283 g/mol. The van der Waals surface area contributed by atoms with E-state index in [2.05, 4.69) is 19.2 Å². The molecular formula is C16H29NO3. The van der Waals surface area contributed by atoms with Crippen LogP contribution in [0, 0.1) is 11.8 Å². The van der Waals surface area contributed by atoms with Gasteiger partial charge in [-0.3, -0.25) is 9.59 Å². The number of carboxylic acid groups (broad SMARTS) is 1. The highest BCUT2D eigenvalue weighted by molar-refractivity contribution is 5.80. The monoisotopic (exact) mass is 283 g/mol. The maximum atomic E-state index is 12.4. The first kappa shape index (κ1) is 17.0. The summed E-state index contributed by atoms with van der Waals surface area (Å²) in [6.07, 6.45) is 8.30. The topological polar surface area (TPSA) is 66.4 Å². The first-order valence-corrected chi connectivity index (χ1v) is 8.13. The fraction of sp³-hybridized carbons (Fsp3) is 0.875. The number of carbonyl (C=O) groups excluding carboxylic acids is 1. The van der Waals surface area contributed by atoms with Gasteiger partial charge in [0.2, 0.25) is 5.91 Å². The third-order valence-electron chi connectivity index (χ3n) is 4.31. The molecule has 2 N–H and O–H groups in total. The summed E-state index contributed by atoms with van der Waals surface area (Å²) in [7, 11) is 0. The second-order valence-electron chi connectivity index (χ2n) is 5.97. The van der Waals surface area contributed by atoms with Gasteiger partial charge in [0.05, 0.1) is 5.92 Å². The van der Waals surface area contributed by atoms with Crippen molar-refractivity contribution in [2.75, 3.05) is 0 Å². The van der Waals surface area contributed by atoms with Crippen LogP contribution < -0.4 is 5.32 Å². The number of carbonyl (C=O) groups is 2. The standard InChI is InChI=1S/C16H29NO3/c1-3-8-12(9-4-2)15(18)17-14-11-7-5-6-10-13(14)16(19)20/h12-14H,3-11H2,1-2H3,(H,17,18)(H,19,20). The second kappa shape index (κ2) is 8.98. The van der Waals surface area contributed by atoms with Crippen molar-refractivity contribution < 1.29 is 14.7 Å². The molecular weight excluding hydrogens is 254 g/mol. The summed E-state index contributed by atoms with van der Waals surface area (Å²) < 4.78 is 0. The van der Waals surface area contributed by atoms with Crippen molar-refractivity contribution in [3.05, 3.63) is 0 Å². The minimum Gasteiger partial charge on any atom is -0.481 e. The van der Waals surface area contributed by atoms with E-state index in [-0.39, 0.29) is 17.9 Å². The number of hydrogen-bond donors (Lipinski definition) is 2. The molecule has 0 saturated heterocycles. The maximum Gasteiger partial charge on any atom is 0.308 e. The highest BCUT2D eigenvalue weighted by Gasteiger charge is 2.31. The van der Waals surface area contributed by atoms with Crippen LogP contribution in [-0.4, -0.2) is 23.0 Å². The van der Waals surface area contributed by atoms with E-state index < -0.39 is 11.9 Å². The van der Waals surface area contributed by atoms with E-state index >= 15 is 0 Å². The van der Waals surface area contributed by atoms with Gasteiger partial charge in [-0.05, 0) is 25.7 Å². The van der Waals surface area contributed by atoms with Crippen LogP contribution in [0.4, 0.5) is 0 Å². The summed E-state index contributed by atoms with van der Waals surface area (Å²) in [5.74, 6) is -1.07. The van der Waals surface area contributed by atoms with E-state index in [0.717, 1.165) is 51.4 Å². The van der Waals surface area contributed by atoms with Crippen LogP contribution in [0.3, 0.4) is 0 Å². The van der Waals surface area contributed by atoms with Gasteiger partial charge in [0.1, 0.15) is 0 Å². The van der Waals surface area contributed by atoms with Crippen LogP contribution >= 0.6 is 0 Å². The van der Waals surface area contributed by atoms with Crippen molar-refractivity contribution in [3.63, 3.8) is 0 Å². The number of carboxylic acids is 1. The maximum absolute atomic E-state index is 12.4. The van der Waals surface area contributed by atoms with Gasteiger partial charge in [0.25, 0.3) is 0 Å².